The molecule has 1 aliphatic heterocycles. The Hall–Kier alpha value is -2.76. The molecule has 1 aromatic carbocycles. The summed E-state index contributed by atoms with van der Waals surface area (Å²) in [6.07, 6.45) is 2.53. The summed E-state index contributed by atoms with van der Waals surface area (Å²) in [5.41, 5.74) is 3.75. The summed E-state index contributed by atoms with van der Waals surface area (Å²) in [5, 5.41) is 8.04. The van der Waals surface area contributed by atoms with Crippen LogP contribution in [0.15, 0.2) is 36.5 Å². The first-order valence-corrected chi connectivity index (χ1v) is 8.47. The van der Waals surface area contributed by atoms with Gasteiger partial charge in [0.2, 0.25) is 0 Å². The normalized spacial score (nSPS) is 19.0. The molecule has 3 heterocycles. The van der Waals surface area contributed by atoms with E-state index >= 15 is 0 Å². The van der Waals surface area contributed by atoms with Crippen LogP contribution in [0.4, 0.5) is 5.69 Å². The van der Waals surface area contributed by atoms with Gasteiger partial charge in [-0.2, -0.15) is 0 Å². The van der Waals surface area contributed by atoms with Crippen molar-refractivity contribution in [3.05, 3.63) is 47.7 Å². The molecule has 0 saturated heterocycles. The molecule has 0 aliphatic carbocycles. The molecule has 6 nitrogen and oxygen atoms in total. The highest BCUT2D eigenvalue weighted by molar-refractivity contribution is 6.08. The monoisotopic (exact) mass is 335 g/mol. The van der Waals surface area contributed by atoms with Crippen molar-refractivity contribution in [2.45, 2.75) is 38.6 Å². The number of aromatic nitrogens is 4. The Labute approximate surface area is 146 Å². The maximum Gasteiger partial charge on any atom is 0.260 e. The topological polar surface area (TPSA) is 63.9 Å². The van der Waals surface area contributed by atoms with E-state index < -0.39 is 0 Å². The standard InChI is InChI=1S/C19H21N5O/c1-12-10-19(2,3)24(16-8-6-5-7-14(12)16)18(25)13-9-15-17(20-11-13)23(4)22-21-15/h5-9,11-12H,10H2,1-4H3/t12-/m0/s1. The van der Waals surface area contributed by atoms with Gasteiger partial charge in [-0.05, 0) is 43.9 Å². The molecule has 0 unspecified atom stereocenters. The Bertz CT molecular complexity index is 975. The van der Waals surface area contributed by atoms with Crippen LogP contribution >= 0.6 is 0 Å². The number of amides is 1. The van der Waals surface area contributed by atoms with Gasteiger partial charge in [0, 0.05) is 24.5 Å². The van der Waals surface area contributed by atoms with Gasteiger partial charge in [-0.25, -0.2) is 9.67 Å². The van der Waals surface area contributed by atoms with E-state index in [1.165, 1.54) is 5.56 Å². The summed E-state index contributed by atoms with van der Waals surface area (Å²) < 4.78 is 1.60. The van der Waals surface area contributed by atoms with Gasteiger partial charge in [-0.1, -0.05) is 30.3 Å². The van der Waals surface area contributed by atoms with E-state index in [0.717, 1.165) is 12.1 Å². The molecule has 3 aromatic rings. The van der Waals surface area contributed by atoms with E-state index in [4.69, 9.17) is 0 Å². The Morgan fingerprint density at radius 3 is 2.84 bits per heavy atom. The SMILES string of the molecule is C[C@H]1CC(C)(C)N(C(=O)c2cnc3c(c2)nnn3C)c2ccccc21. The third kappa shape index (κ3) is 2.40. The summed E-state index contributed by atoms with van der Waals surface area (Å²) in [5.74, 6) is 0.361. The average molecular weight is 335 g/mol. The number of pyridine rings is 1. The lowest BCUT2D eigenvalue weighted by Crippen LogP contribution is -2.51. The van der Waals surface area contributed by atoms with E-state index in [0.29, 0.717) is 22.6 Å². The lowest BCUT2D eigenvalue weighted by molar-refractivity contribution is 0.0953. The van der Waals surface area contributed by atoms with Crippen LogP contribution in [0.25, 0.3) is 11.2 Å². The van der Waals surface area contributed by atoms with Crippen LogP contribution in [-0.4, -0.2) is 31.4 Å². The predicted molar refractivity (Wildman–Crippen MR) is 96.7 cm³/mol. The molecule has 128 valence electrons. The van der Waals surface area contributed by atoms with Crippen molar-refractivity contribution in [2.75, 3.05) is 4.90 Å². The molecule has 0 saturated carbocycles. The minimum Gasteiger partial charge on any atom is -0.302 e. The summed E-state index contributed by atoms with van der Waals surface area (Å²) in [4.78, 5) is 19.6. The van der Waals surface area contributed by atoms with Crippen LogP contribution < -0.4 is 4.90 Å². The van der Waals surface area contributed by atoms with Gasteiger partial charge in [0.25, 0.3) is 5.91 Å². The van der Waals surface area contributed by atoms with E-state index in [9.17, 15) is 4.79 Å². The fourth-order valence-electron chi connectivity index (χ4n) is 3.94. The molecule has 6 heteroatoms. The molecule has 0 N–H and O–H groups in total. The molecule has 0 radical (unpaired) electrons. The van der Waals surface area contributed by atoms with E-state index in [1.54, 1.807) is 24.0 Å². The summed E-state index contributed by atoms with van der Waals surface area (Å²) in [6, 6.07) is 9.92. The molecule has 4 rings (SSSR count). The van der Waals surface area contributed by atoms with Crippen LogP contribution in [0.2, 0.25) is 0 Å². The lowest BCUT2D eigenvalue weighted by atomic mass is 9.80. The van der Waals surface area contributed by atoms with Crippen LogP contribution in [0, 0.1) is 0 Å². The minimum atomic E-state index is -0.276. The second-order valence-electron chi connectivity index (χ2n) is 7.40. The van der Waals surface area contributed by atoms with Crippen LogP contribution in [0.5, 0.6) is 0 Å². The fourth-order valence-corrected chi connectivity index (χ4v) is 3.94. The molecule has 0 bridgehead atoms. The number of nitrogens with zero attached hydrogens (tertiary/aromatic N) is 5. The first-order valence-electron chi connectivity index (χ1n) is 8.47. The van der Waals surface area contributed by atoms with E-state index in [-0.39, 0.29) is 11.4 Å². The van der Waals surface area contributed by atoms with Crippen molar-refractivity contribution < 1.29 is 4.79 Å². The molecular weight excluding hydrogens is 314 g/mol. The zero-order chi connectivity index (χ0) is 17.8. The van der Waals surface area contributed by atoms with Gasteiger partial charge in [0.1, 0.15) is 5.52 Å². The van der Waals surface area contributed by atoms with Gasteiger partial charge < -0.3 is 4.90 Å². The van der Waals surface area contributed by atoms with Gasteiger partial charge in [-0.15, -0.1) is 5.10 Å². The van der Waals surface area contributed by atoms with Crippen molar-refractivity contribution in [2.24, 2.45) is 7.05 Å². The largest absolute Gasteiger partial charge is 0.302 e. The number of rotatable bonds is 1. The smallest absolute Gasteiger partial charge is 0.260 e. The number of aryl methyl sites for hydroxylation is 1. The predicted octanol–water partition coefficient (Wildman–Crippen LogP) is 3.30. The maximum absolute atomic E-state index is 13.4. The first-order chi connectivity index (χ1) is 11.9. The third-order valence-electron chi connectivity index (χ3n) is 5.01. The molecule has 1 aliphatic rings. The average Bonchev–Trinajstić information content (AvgIpc) is 2.94. The van der Waals surface area contributed by atoms with Gasteiger partial charge in [0.05, 0.1) is 5.56 Å². The van der Waals surface area contributed by atoms with Crippen molar-refractivity contribution in [3.8, 4) is 0 Å². The first kappa shape index (κ1) is 15.7. The zero-order valence-corrected chi connectivity index (χ0v) is 14.9. The summed E-state index contributed by atoms with van der Waals surface area (Å²) in [6.45, 7) is 6.45. The highest BCUT2D eigenvalue weighted by Gasteiger charge is 2.40. The lowest BCUT2D eigenvalue weighted by Gasteiger charge is -2.46. The second kappa shape index (κ2) is 5.37. The fraction of sp³-hybridized carbons (Fsp3) is 0.368. The number of benzene rings is 1. The molecule has 25 heavy (non-hydrogen) atoms. The number of fused-ring (bicyclic) bond motifs is 2. The van der Waals surface area contributed by atoms with Crippen LogP contribution in [-0.2, 0) is 7.05 Å². The molecular formula is C19H21N5O. The van der Waals surface area contributed by atoms with Crippen molar-refractivity contribution in [3.63, 3.8) is 0 Å². The van der Waals surface area contributed by atoms with Crippen LogP contribution in [0.3, 0.4) is 0 Å². The zero-order valence-electron chi connectivity index (χ0n) is 14.9. The van der Waals surface area contributed by atoms with Gasteiger partial charge in [0.15, 0.2) is 5.65 Å². The number of para-hydroxylation sites is 1. The number of anilines is 1. The minimum absolute atomic E-state index is 0.0515. The van der Waals surface area contributed by atoms with Crippen molar-refractivity contribution >= 4 is 22.8 Å². The van der Waals surface area contributed by atoms with Gasteiger partial charge in [-0.3, -0.25) is 4.79 Å². The van der Waals surface area contributed by atoms with Crippen molar-refractivity contribution in [1.82, 2.24) is 20.0 Å². The van der Waals surface area contributed by atoms with E-state index in [2.05, 4.69) is 42.1 Å². The van der Waals surface area contributed by atoms with Crippen LogP contribution in [0.1, 0.15) is 49.0 Å². The quantitative estimate of drug-likeness (QED) is 0.684. The third-order valence-corrected chi connectivity index (χ3v) is 5.01. The van der Waals surface area contributed by atoms with Crippen molar-refractivity contribution in [1.29, 1.82) is 0 Å². The Morgan fingerprint density at radius 2 is 2.04 bits per heavy atom. The Balaban J connectivity index is 1.83. The summed E-state index contributed by atoms with van der Waals surface area (Å²) >= 11 is 0. The number of carbonyl (C=O) groups excluding carboxylic acids is 1. The molecule has 1 atom stereocenters. The summed E-state index contributed by atoms with van der Waals surface area (Å²) in [7, 11) is 1.79. The van der Waals surface area contributed by atoms with E-state index in [1.807, 2.05) is 23.1 Å². The molecule has 0 spiro atoms. The maximum atomic E-state index is 13.4. The molecule has 0 fully saturated rings. The van der Waals surface area contributed by atoms with Gasteiger partial charge >= 0.3 is 0 Å². The number of carbonyl (C=O) groups is 1. The number of hydrogen-bond donors (Lipinski definition) is 0. The Kier molecular flexibility index (Phi) is 3.39. The Morgan fingerprint density at radius 1 is 1.28 bits per heavy atom. The number of hydrogen-bond acceptors (Lipinski definition) is 4. The highest BCUT2D eigenvalue weighted by atomic mass is 16.2. The highest BCUT2D eigenvalue weighted by Crippen LogP contribution is 2.43. The molecule has 1 amide bonds. The second-order valence-corrected chi connectivity index (χ2v) is 7.40. The molecule has 2 aromatic heterocycles.